The average molecular weight is 257 g/mol. The van der Waals surface area contributed by atoms with Crippen molar-refractivity contribution in [1.82, 2.24) is 15.1 Å². The second kappa shape index (κ2) is 7.03. The van der Waals surface area contributed by atoms with Crippen molar-refractivity contribution in [3.8, 4) is 0 Å². The van der Waals surface area contributed by atoms with Crippen LogP contribution in [0.2, 0.25) is 0 Å². The lowest BCUT2D eigenvalue weighted by Gasteiger charge is -2.28. The molecule has 0 saturated carbocycles. The summed E-state index contributed by atoms with van der Waals surface area (Å²) in [5.74, 6) is 0.986. The number of aromatic nitrogens is 2. The Labute approximate surface area is 108 Å². The highest BCUT2D eigenvalue weighted by molar-refractivity contribution is 7.99. The zero-order valence-electron chi connectivity index (χ0n) is 10.9. The number of thioether (sulfide) groups is 1. The zero-order chi connectivity index (χ0) is 12.7. The minimum atomic E-state index is -0.161. The maximum Gasteiger partial charge on any atom is 0.0625 e. The Morgan fingerprint density at radius 1 is 1.59 bits per heavy atom. The molecule has 17 heavy (non-hydrogen) atoms. The molecule has 0 aliphatic rings. The van der Waals surface area contributed by atoms with Gasteiger partial charge in [0.25, 0.3) is 0 Å². The predicted octanol–water partition coefficient (Wildman–Crippen LogP) is 1.65. The molecule has 0 saturated heterocycles. The van der Waals surface area contributed by atoms with Crippen LogP contribution < -0.4 is 5.32 Å². The van der Waals surface area contributed by atoms with Crippen LogP contribution in [0.3, 0.4) is 0 Å². The van der Waals surface area contributed by atoms with Gasteiger partial charge in [0.05, 0.1) is 12.8 Å². The monoisotopic (exact) mass is 257 g/mol. The Balaban J connectivity index is 2.32. The third-order valence-corrected chi connectivity index (χ3v) is 3.71. The van der Waals surface area contributed by atoms with E-state index < -0.39 is 0 Å². The summed E-state index contributed by atoms with van der Waals surface area (Å²) in [4.78, 5) is 1.18. The molecule has 1 atom stereocenters. The molecule has 2 N–H and O–H groups in total. The molecule has 0 aliphatic carbocycles. The molecule has 1 rings (SSSR count). The van der Waals surface area contributed by atoms with Crippen LogP contribution in [-0.4, -0.2) is 39.3 Å². The molecule has 5 heteroatoms. The normalized spacial score (nSPS) is 14.8. The highest BCUT2D eigenvalue weighted by Gasteiger charge is 2.21. The summed E-state index contributed by atoms with van der Waals surface area (Å²) >= 11 is 1.78. The molecule has 0 radical (unpaired) electrons. The molecule has 1 unspecified atom stereocenters. The van der Waals surface area contributed by atoms with Crippen LogP contribution in [0.5, 0.6) is 0 Å². The summed E-state index contributed by atoms with van der Waals surface area (Å²) in [6.45, 7) is 5.34. The Hall–Kier alpha value is -0.520. The van der Waals surface area contributed by atoms with Crippen molar-refractivity contribution >= 4 is 11.8 Å². The Bertz CT molecular complexity index is 329. The summed E-state index contributed by atoms with van der Waals surface area (Å²) in [5, 5.41) is 17.0. The summed E-state index contributed by atoms with van der Waals surface area (Å²) < 4.78 is 1.81. The first kappa shape index (κ1) is 14.5. The Morgan fingerprint density at radius 2 is 2.35 bits per heavy atom. The van der Waals surface area contributed by atoms with Crippen molar-refractivity contribution in [1.29, 1.82) is 0 Å². The van der Waals surface area contributed by atoms with E-state index in [1.165, 1.54) is 4.90 Å². The first-order valence-electron chi connectivity index (χ1n) is 6.07. The van der Waals surface area contributed by atoms with E-state index in [0.29, 0.717) is 0 Å². The molecule has 0 fully saturated rings. The van der Waals surface area contributed by atoms with Crippen LogP contribution in [0.1, 0.15) is 26.7 Å². The Kier molecular flexibility index (Phi) is 6.02. The highest BCUT2D eigenvalue weighted by atomic mass is 32.2. The first-order valence-corrected chi connectivity index (χ1v) is 7.05. The van der Waals surface area contributed by atoms with Crippen LogP contribution in [-0.2, 0) is 7.05 Å². The van der Waals surface area contributed by atoms with Gasteiger partial charge in [-0.15, -0.1) is 11.8 Å². The van der Waals surface area contributed by atoms with Crippen molar-refractivity contribution in [3.63, 3.8) is 0 Å². The standard InChI is InChI=1S/C12H23N3OS/c1-4-6-13-12(2,10-16)5-7-17-11-8-14-15(3)9-11/h8-9,13,16H,4-7,10H2,1-3H3. The van der Waals surface area contributed by atoms with Crippen LogP contribution in [0.15, 0.2) is 17.3 Å². The number of aliphatic hydroxyl groups excluding tert-OH is 1. The second-order valence-corrected chi connectivity index (χ2v) is 5.76. The molecule has 1 aromatic heterocycles. The fraction of sp³-hybridized carbons (Fsp3) is 0.750. The molecule has 1 heterocycles. The summed E-state index contributed by atoms with van der Waals surface area (Å²) in [5.41, 5.74) is -0.161. The maximum atomic E-state index is 9.43. The van der Waals surface area contributed by atoms with Crippen molar-refractivity contribution < 1.29 is 5.11 Å². The number of rotatable bonds is 8. The third kappa shape index (κ3) is 5.10. The number of nitrogens with zero attached hydrogens (tertiary/aromatic N) is 2. The summed E-state index contributed by atoms with van der Waals surface area (Å²) in [6.07, 6.45) is 5.93. The van der Waals surface area contributed by atoms with E-state index in [-0.39, 0.29) is 12.1 Å². The van der Waals surface area contributed by atoms with Gasteiger partial charge in [-0.25, -0.2) is 0 Å². The lowest BCUT2D eigenvalue weighted by Crippen LogP contribution is -2.46. The van der Waals surface area contributed by atoms with E-state index in [1.807, 2.05) is 24.1 Å². The van der Waals surface area contributed by atoms with Gasteiger partial charge < -0.3 is 10.4 Å². The van der Waals surface area contributed by atoms with Gasteiger partial charge in [0.2, 0.25) is 0 Å². The van der Waals surface area contributed by atoms with Crippen molar-refractivity contribution in [2.45, 2.75) is 37.1 Å². The van der Waals surface area contributed by atoms with Crippen LogP contribution in [0.4, 0.5) is 0 Å². The van der Waals surface area contributed by atoms with Crippen molar-refractivity contribution in [2.24, 2.45) is 7.05 Å². The van der Waals surface area contributed by atoms with Gasteiger partial charge in [0.15, 0.2) is 0 Å². The number of hydrogen-bond acceptors (Lipinski definition) is 4. The molecule has 0 aromatic carbocycles. The third-order valence-electron chi connectivity index (χ3n) is 2.75. The summed E-state index contributed by atoms with van der Waals surface area (Å²) in [6, 6.07) is 0. The zero-order valence-corrected chi connectivity index (χ0v) is 11.8. The van der Waals surface area contributed by atoms with Gasteiger partial charge in [-0.3, -0.25) is 4.68 Å². The van der Waals surface area contributed by atoms with E-state index >= 15 is 0 Å². The van der Waals surface area contributed by atoms with Gasteiger partial charge in [-0.2, -0.15) is 5.10 Å². The molecular formula is C12H23N3OS. The Morgan fingerprint density at radius 3 is 2.88 bits per heavy atom. The molecule has 4 nitrogen and oxygen atoms in total. The van der Waals surface area contributed by atoms with Crippen LogP contribution >= 0.6 is 11.8 Å². The predicted molar refractivity (Wildman–Crippen MR) is 72.3 cm³/mol. The minimum Gasteiger partial charge on any atom is -0.394 e. The molecule has 0 amide bonds. The second-order valence-electron chi connectivity index (χ2n) is 4.59. The number of aliphatic hydroxyl groups is 1. The number of aryl methyl sites for hydroxylation is 1. The van der Waals surface area contributed by atoms with E-state index in [2.05, 4.69) is 24.3 Å². The van der Waals surface area contributed by atoms with Crippen LogP contribution in [0, 0.1) is 0 Å². The molecular weight excluding hydrogens is 234 g/mol. The van der Waals surface area contributed by atoms with E-state index in [4.69, 9.17) is 0 Å². The molecule has 0 spiro atoms. The molecule has 1 aromatic rings. The molecule has 0 aliphatic heterocycles. The average Bonchev–Trinajstić information content (AvgIpc) is 2.72. The highest BCUT2D eigenvalue weighted by Crippen LogP contribution is 2.21. The van der Waals surface area contributed by atoms with Crippen molar-refractivity contribution in [3.05, 3.63) is 12.4 Å². The van der Waals surface area contributed by atoms with Gasteiger partial charge in [0, 0.05) is 23.7 Å². The van der Waals surface area contributed by atoms with E-state index in [1.54, 1.807) is 11.8 Å². The topological polar surface area (TPSA) is 50.1 Å². The molecule has 0 bridgehead atoms. The quantitative estimate of drug-likeness (QED) is 0.695. The number of hydrogen-bond donors (Lipinski definition) is 2. The molecule has 98 valence electrons. The largest absolute Gasteiger partial charge is 0.394 e. The first-order chi connectivity index (χ1) is 8.09. The fourth-order valence-electron chi connectivity index (χ4n) is 1.52. The maximum absolute atomic E-state index is 9.43. The summed E-state index contributed by atoms with van der Waals surface area (Å²) in [7, 11) is 1.92. The van der Waals surface area contributed by atoms with Gasteiger partial charge in [-0.1, -0.05) is 6.92 Å². The smallest absolute Gasteiger partial charge is 0.0625 e. The van der Waals surface area contributed by atoms with Crippen molar-refractivity contribution in [2.75, 3.05) is 18.9 Å². The number of nitrogens with one attached hydrogen (secondary N) is 1. The van der Waals surface area contributed by atoms with Crippen LogP contribution in [0.25, 0.3) is 0 Å². The van der Waals surface area contributed by atoms with Gasteiger partial charge >= 0.3 is 0 Å². The fourth-order valence-corrected chi connectivity index (χ4v) is 2.65. The van der Waals surface area contributed by atoms with Gasteiger partial charge in [-0.05, 0) is 32.1 Å². The SMILES string of the molecule is CCCNC(C)(CO)CCSc1cnn(C)c1. The lowest BCUT2D eigenvalue weighted by molar-refractivity contribution is 0.171. The lowest BCUT2D eigenvalue weighted by atomic mass is 10.0. The van der Waals surface area contributed by atoms with E-state index in [0.717, 1.165) is 25.1 Å². The van der Waals surface area contributed by atoms with E-state index in [9.17, 15) is 5.11 Å². The van der Waals surface area contributed by atoms with Gasteiger partial charge in [0.1, 0.15) is 0 Å². The minimum absolute atomic E-state index is 0.161.